The Labute approximate surface area is 169 Å². The van der Waals surface area contributed by atoms with Crippen LogP contribution >= 0.6 is 0 Å². The van der Waals surface area contributed by atoms with E-state index in [-0.39, 0.29) is 12.5 Å². The molecule has 0 radical (unpaired) electrons. The van der Waals surface area contributed by atoms with Gasteiger partial charge in [0.1, 0.15) is 5.92 Å². The third-order valence-corrected chi connectivity index (χ3v) is 4.83. The molecule has 0 aliphatic rings. The summed E-state index contributed by atoms with van der Waals surface area (Å²) in [5.74, 6) is -2.71. The Balaban J connectivity index is 1.81. The molecule has 29 heavy (non-hydrogen) atoms. The maximum absolute atomic E-state index is 12.9. The molecule has 3 aromatic rings. The van der Waals surface area contributed by atoms with Crippen molar-refractivity contribution in [1.29, 1.82) is 0 Å². The smallest absolute Gasteiger partial charge is 0.311 e. The van der Waals surface area contributed by atoms with Gasteiger partial charge in [-0.3, -0.25) is 9.59 Å². The summed E-state index contributed by atoms with van der Waals surface area (Å²) in [6, 6.07) is 23.7. The molecule has 5 nitrogen and oxygen atoms in total. The Hall–Kier alpha value is -3.44. The van der Waals surface area contributed by atoms with Gasteiger partial charge in [-0.25, -0.2) is 0 Å². The van der Waals surface area contributed by atoms with Crippen LogP contribution in [0.2, 0.25) is 0 Å². The molecule has 0 fully saturated rings. The van der Waals surface area contributed by atoms with Crippen LogP contribution in [0, 0.1) is 12.8 Å². The first kappa shape index (κ1) is 20.3. The third-order valence-electron chi connectivity index (χ3n) is 4.83. The molecule has 0 bridgehead atoms. The fourth-order valence-corrected chi connectivity index (χ4v) is 3.23. The summed E-state index contributed by atoms with van der Waals surface area (Å²) in [6.07, 6.45) is -1.22. The highest BCUT2D eigenvalue weighted by Gasteiger charge is 2.28. The largest absolute Gasteiger partial charge is 0.481 e. The molecule has 0 spiro atoms. The number of aliphatic hydroxyl groups is 1. The second-order valence-corrected chi connectivity index (χ2v) is 6.93. The zero-order valence-electron chi connectivity index (χ0n) is 16.1. The summed E-state index contributed by atoms with van der Waals surface area (Å²) in [5, 5.41) is 22.7. The van der Waals surface area contributed by atoms with Crippen LogP contribution in [0.3, 0.4) is 0 Å². The number of benzene rings is 3. The van der Waals surface area contributed by atoms with Gasteiger partial charge in [-0.1, -0.05) is 78.4 Å². The van der Waals surface area contributed by atoms with Gasteiger partial charge in [0.15, 0.2) is 0 Å². The number of aryl methyl sites for hydroxylation is 1. The molecular weight excluding hydrogens is 366 g/mol. The minimum Gasteiger partial charge on any atom is -0.481 e. The number of carboxylic acids is 1. The van der Waals surface area contributed by atoms with Crippen LogP contribution in [-0.4, -0.2) is 28.6 Å². The quantitative estimate of drug-likeness (QED) is 0.573. The number of nitrogens with one attached hydrogen (secondary N) is 1. The topological polar surface area (TPSA) is 86.6 Å². The number of carbonyl (C=O) groups is 2. The SMILES string of the molecule is Cc1ccc(-c2ccccc2)c(C(=O)NCC(C(=O)O)C(O)c2ccccc2)c1. The van der Waals surface area contributed by atoms with E-state index in [4.69, 9.17) is 0 Å². The Morgan fingerprint density at radius 1 is 0.931 bits per heavy atom. The first-order valence-electron chi connectivity index (χ1n) is 9.37. The maximum Gasteiger partial charge on any atom is 0.311 e. The zero-order valence-corrected chi connectivity index (χ0v) is 16.1. The molecule has 2 atom stereocenters. The molecule has 0 aliphatic carbocycles. The van der Waals surface area contributed by atoms with Crippen molar-refractivity contribution in [3.8, 4) is 11.1 Å². The maximum atomic E-state index is 12.9. The van der Waals surface area contributed by atoms with Gasteiger partial charge in [0, 0.05) is 12.1 Å². The molecule has 148 valence electrons. The second kappa shape index (κ2) is 9.17. The number of carboxylic acid groups (broad SMARTS) is 1. The molecule has 0 heterocycles. The average Bonchev–Trinajstić information content (AvgIpc) is 2.74. The van der Waals surface area contributed by atoms with Gasteiger partial charge in [0.05, 0.1) is 6.10 Å². The van der Waals surface area contributed by atoms with Crippen molar-refractivity contribution in [2.75, 3.05) is 6.54 Å². The van der Waals surface area contributed by atoms with Gasteiger partial charge < -0.3 is 15.5 Å². The van der Waals surface area contributed by atoms with E-state index in [9.17, 15) is 19.8 Å². The fourth-order valence-electron chi connectivity index (χ4n) is 3.23. The van der Waals surface area contributed by atoms with Gasteiger partial charge in [-0.15, -0.1) is 0 Å². The minimum absolute atomic E-state index is 0.188. The van der Waals surface area contributed by atoms with E-state index < -0.39 is 18.0 Å². The Morgan fingerprint density at radius 3 is 2.17 bits per heavy atom. The van der Waals surface area contributed by atoms with Gasteiger partial charge in [-0.05, 0) is 29.7 Å². The lowest BCUT2D eigenvalue weighted by molar-refractivity contribution is -0.145. The van der Waals surface area contributed by atoms with Crippen molar-refractivity contribution >= 4 is 11.9 Å². The fraction of sp³-hybridized carbons (Fsp3) is 0.167. The first-order valence-corrected chi connectivity index (χ1v) is 9.37. The van der Waals surface area contributed by atoms with Crippen LogP contribution in [0.25, 0.3) is 11.1 Å². The summed E-state index contributed by atoms with van der Waals surface area (Å²) in [7, 11) is 0. The van der Waals surface area contributed by atoms with E-state index in [0.29, 0.717) is 11.1 Å². The minimum atomic E-state index is -1.22. The lowest BCUT2D eigenvalue weighted by Gasteiger charge is -2.20. The molecule has 0 saturated carbocycles. The number of hydrogen-bond acceptors (Lipinski definition) is 3. The molecule has 0 saturated heterocycles. The summed E-state index contributed by atoms with van der Waals surface area (Å²) < 4.78 is 0. The normalized spacial score (nSPS) is 12.8. The molecule has 2 unspecified atom stereocenters. The predicted octanol–water partition coefficient (Wildman–Crippen LogP) is 3.83. The number of hydrogen-bond donors (Lipinski definition) is 3. The number of aliphatic hydroxyl groups excluding tert-OH is 1. The predicted molar refractivity (Wildman–Crippen MR) is 111 cm³/mol. The summed E-state index contributed by atoms with van der Waals surface area (Å²) >= 11 is 0. The van der Waals surface area contributed by atoms with Gasteiger partial charge >= 0.3 is 5.97 Å². The molecule has 1 amide bonds. The highest BCUT2D eigenvalue weighted by molar-refractivity contribution is 6.01. The molecule has 0 aromatic heterocycles. The van der Waals surface area contributed by atoms with Crippen molar-refractivity contribution in [3.05, 3.63) is 95.6 Å². The summed E-state index contributed by atoms with van der Waals surface area (Å²) in [5.41, 5.74) is 3.55. The van der Waals surface area contributed by atoms with E-state index >= 15 is 0 Å². The molecular formula is C24H23NO4. The number of rotatable bonds is 7. The lowest BCUT2D eigenvalue weighted by atomic mass is 9.94. The van der Waals surface area contributed by atoms with E-state index in [2.05, 4.69) is 5.32 Å². The average molecular weight is 389 g/mol. The Bertz CT molecular complexity index is 986. The molecule has 0 aliphatic heterocycles. The monoisotopic (exact) mass is 389 g/mol. The van der Waals surface area contributed by atoms with Gasteiger partial charge in [0.25, 0.3) is 5.91 Å². The van der Waals surface area contributed by atoms with Crippen LogP contribution in [0.4, 0.5) is 0 Å². The number of aliphatic carboxylic acids is 1. The van der Waals surface area contributed by atoms with Crippen LogP contribution in [-0.2, 0) is 4.79 Å². The van der Waals surface area contributed by atoms with E-state index in [1.54, 1.807) is 36.4 Å². The lowest BCUT2D eigenvalue weighted by Crippen LogP contribution is -2.36. The van der Waals surface area contributed by atoms with Crippen LogP contribution < -0.4 is 5.32 Å². The zero-order chi connectivity index (χ0) is 20.8. The van der Waals surface area contributed by atoms with E-state index in [1.807, 2.05) is 49.4 Å². The molecule has 5 heteroatoms. The standard InChI is InChI=1S/C24H23NO4/c1-16-12-13-19(17-8-4-2-5-9-17)20(14-16)23(27)25-15-21(24(28)29)22(26)18-10-6-3-7-11-18/h2-14,21-22,26H,15H2,1H3,(H,25,27)(H,28,29). The van der Waals surface area contributed by atoms with Crippen molar-refractivity contribution < 1.29 is 19.8 Å². The molecule has 3 rings (SSSR count). The summed E-state index contributed by atoms with van der Waals surface area (Å²) in [6.45, 7) is 1.71. The number of amides is 1. The van der Waals surface area contributed by atoms with Crippen molar-refractivity contribution in [2.45, 2.75) is 13.0 Å². The van der Waals surface area contributed by atoms with Crippen molar-refractivity contribution in [2.24, 2.45) is 5.92 Å². The van der Waals surface area contributed by atoms with E-state index in [0.717, 1.165) is 16.7 Å². The van der Waals surface area contributed by atoms with Crippen LogP contribution in [0.1, 0.15) is 27.6 Å². The van der Waals surface area contributed by atoms with E-state index in [1.165, 1.54) is 0 Å². The van der Waals surface area contributed by atoms with Crippen molar-refractivity contribution in [1.82, 2.24) is 5.32 Å². The summed E-state index contributed by atoms with van der Waals surface area (Å²) in [4.78, 5) is 24.6. The molecule has 3 N–H and O–H groups in total. The van der Waals surface area contributed by atoms with Crippen LogP contribution in [0.15, 0.2) is 78.9 Å². The third kappa shape index (κ3) is 4.89. The second-order valence-electron chi connectivity index (χ2n) is 6.93. The van der Waals surface area contributed by atoms with Gasteiger partial charge in [-0.2, -0.15) is 0 Å². The molecule has 3 aromatic carbocycles. The highest BCUT2D eigenvalue weighted by Crippen LogP contribution is 2.25. The number of carbonyl (C=O) groups excluding carboxylic acids is 1. The highest BCUT2D eigenvalue weighted by atomic mass is 16.4. The van der Waals surface area contributed by atoms with Crippen LogP contribution in [0.5, 0.6) is 0 Å². The Morgan fingerprint density at radius 2 is 1.55 bits per heavy atom. The van der Waals surface area contributed by atoms with Crippen molar-refractivity contribution in [3.63, 3.8) is 0 Å². The first-order chi connectivity index (χ1) is 14.0. The Kier molecular flexibility index (Phi) is 6.42. The van der Waals surface area contributed by atoms with Gasteiger partial charge in [0.2, 0.25) is 0 Å².